The van der Waals surface area contributed by atoms with Gasteiger partial charge in [-0.2, -0.15) is 0 Å². The van der Waals surface area contributed by atoms with E-state index in [1.807, 2.05) is 0 Å². The maximum Gasteiger partial charge on any atom is 0.132 e. The Morgan fingerprint density at radius 2 is 0.895 bits per heavy atom. The summed E-state index contributed by atoms with van der Waals surface area (Å²) >= 11 is 0. The molecule has 0 amide bonds. The minimum atomic E-state index is -1.60. The summed E-state index contributed by atoms with van der Waals surface area (Å²) in [5.74, 6) is 7.50. The summed E-state index contributed by atoms with van der Waals surface area (Å²) in [7, 11) is -3.19. The predicted octanol–water partition coefficient (Wildman–Crippen LogP) is 10.3. The highest BCUT2D eigenvalue weighted by Gasteiger charge is 2.19. The molecule has 0 unspecified atom stereocenters. The van der Waals surface area contributed by atoms with Crippen LogP contribution in [0.4, 0.5) is 0 Å². The van der Waals surface area contributed by atoms with E-state index in [1.165, 1.54) is 68.0 Å². The molecule has 0 aromatic heterocycles. The Morgan fingerprint density at radius 3 is 1.29 bits per heavy atom. The fourth-order valence-electron chi connectivity index (χ4n) is 5.72. The third-order valence-electron chi connectivity index (χ3n) is 7.65. The van der Waals surface area contributed by atoms with E-state index in [1.54, 1.807) is 0 Å². The summed E-state index contributed by atoms with van der Waals surface area (Å²) < 4.78 is 0. The van der Waals surface area contributed by atoms with Crippen molar-refractivity contribution in [2.75, 3.05) is 0 Å². The molecule has 0 N–H and O–H groups in total. The van der Waals surface area contributed by atoms with E-state index in [9.17, 15) is 0 Å². The first-order chi connectivity index (χ1) is 18.2. The number of benzene rings is 5. The second-order valence-corrected chi connectivity index (χ2v) is 21.0. The summed E-state index contributed by atoms with van der Waals surface area (Å²) in [6, 6.07) is 29.3. The first-order valence-electron chi connectivity index (χ1n) is 14.1. The molecule has 0 aliphatic heterocycles. The Morgan fingerprint density at radius 1 is 0.500 bits per heavy atom. The minimum absolute atomic E-state index is 1.16. The number of rotatable bonds is 4. The first-order valence-corrected chi connectivity index (χ1v) is 20.5. The molecule has 0 aliphatic rings. The summed E-state index contributed by atoms with van der Waals surface area (Å²) in [5, 5.41) is 10.0. The van der Waals surface area contributed by atoms with Crippen LogP contribution in [0.3, 0.4) is 0 Å². The van der Waals surface area contributed by atoms with Gasteiger partial charge < -0.3 is 0 Å². The second-order valence-electron chi connectivity index (χ2n) is 12.0. The van der Waals surface area contributed by atoms with E-state index in [0.29, 0.717) is 0 Å². The van der Waals surface area contributed by atoms with Crippen LogP contribution in [0.1, 0.15) is 37.8 Å². The van der Waals surface area contributed by atoms with Gasteiger partial charge in [-0.1, -0.05) is 113 Å². The van der Waals surface area contributed by atoms with Gasteiger partial charge in [-0.15, -0.1) is 11.1 Å². The minimum Gasteiger partial charge on any atom is -0.126 e. The Kier molecular flexibility index (Phi) is 7.24. The third kappa shape index (κ3) is 5.30. The van der Waals surface area contributed by atoms with Crippen LogP contribution < -0.4 is 0 Å². The van der Waals surface area contributed by atoms with Crippen molar-refractivity contribution in [1.29, 1.82) is 0 Å². The molecule has 0 nitrogen and oxygen atoms in total. The summed E-state index contributed by atoms with van der Waals surface area (Å²) in [4.78, 5) is 0. The van der Waals surface area contributed by atoms with Crippen molar-refractivity contribution in [1.82, 2.24) is 0 Å². The molecule has 0 bridgehead atoms. The second kappa shape index (κ2) is 10.5. The molecule has 0 aliphatic carbocycles. The lowest BCUT2D eigenvalue weighted by Crippen LogP contribution is -2.22. The van der Waals surface area contributed by atoms with Gasteiger partial charge in [0.05, 0.1) is 0 Å². The zero-order chi connectivity index (χ0) is 26.9. The number of hydrogen-bond donors (Lipinski definition) is 0. The lowest BCUT2D eigenvalue weighted by Gasteiger charge is -2.16. The van der Waals surface area contributed by atoms with Gasteiger partial charge in [-0.3, -0.25) is 0 Å². The van der Waals surface area contributed by atoms with Crippen LogP contribution in [0.2, 0.25) is 38.3 Å². The van der Waals surface area contributed by atoms with Gasteiger partial charge in [0.1, 0.15) is 16.1 Å². The van der Waals surface area contributed by atoms with Crippen LogP contribution in [0.5, 0.6) is 0 Å². The molecule has 5 aromatic rings. The fraction of sp³-hybridized carbons (Fsp3) is 0.278. The molecule has 5 rings (SSSR count). The molecule has 38 heavy (non-hydrogen) atoms. The zero-order valence-electron chi connectivity index (χ0n) is 23.8. The summed E-state index contributed by atoms with van der Waals surface area (Å²) in [6.45, 7) is 14.1. The standard InChI is InChI=1S/C36H38Si2/c1-7-19-37(3,4)21-17-33-31-15-11-12-16-32(31)34(18-22-38(5,6)20-8-2)36-26-30-24-28-14-10-9-13-27(28)23-29(30)25-35(33)36/h9-16,23-26H,7-8,19-20H2,1-6H3. The molecule has 0 radical (unpaired) electrons. The lowest BCUT2D eigenvalue weighted by molar-refractivity contribution is 1.05. The van der Waals surface area contributed by atoms with E-state index < -0.39 is 16.1 Å². The van der Waals surface area contributed by atoms with E-state index in [4.69, 9.17) is 0 Å². The Balaban J connectivity index is 1.91. The van der Waals surface area contributed by atoms with Crippen LogP contribution in [-0.4, -0.2) is 16.1 Å². The van der Waals surface area contributed by atoms with Crippen molar-refractivity contribution in [3.8, 4) is 22.9 Å². The van der Waals surface area contributed by atoms with Crippen molar-refractivity contribution < 1.29 is 0 Å². The van der Waals surface area contributed by atoms with E-state index in [0.717, 1.165) is 11.1 Å². The molecule has 0 spiro atoms. The average molecular weight is 527 g/mol. The normalized spacial score (nSPS) is 11.9. The van der Waals surface area contributed by atoms with Crippen LogP contribution in [-0.2, 0) is 0 Å². The molecule has 5 aromatic carbocycles. The van der Waals surface area contributed by atoms with Gasteiger partial charge in [-0.05, 0) is 79.4 Å². The van der Waals surface area contributed by atoms with Crippen molar-refractivity contribution in [3.63, 3.8) is 0 Å². The highest BCUT2D eigenvalue weighted by atomic mass is 28.3. The molecule has 0 fully saturated rings. The first kappa shape index (κ1) is 26.3. The number of hydrogen-bond acceptors (Lipinski definition) is 0. The van der Waals surface area contributed by atoms with Crippen LogP contribution in [0, 0.1) is 22.9 Å². The van der Waals surface area contributed by atoms with Gasteiger partial charge >= 0.3 is 0 Å². The molecule has 0 saturated carbocycles. The Hall–Kier alpha value is -3.31. The SMILES string of the molecule is CCC[Si](C)(C)C#Cc1c2ccccc2c(C#C[Si](C)(C)CCC)c2cc3cc4ccccc4cc3cc12. The zero-order valence-corrected chi connectivity index (χ0v) is 25.8. The van der Waals surface area contributed by atoms with Crippen molar-refractivity contribution in [2.45, 2.75) is 65.0 Å². The average Bonchev–Trinajstić information content (AvgIpc) is 2.88. The topological polar surface area (TPSA) is 0 Å². The largest absolute Gasteiger partial charge is 0.132 e. The summed E-state index contributed by atoms with van der Waals surface area (Å²) in [5.41, 5.74) is 9.91. The van der Waals surface area contributed by atoms with Gasteiger partial charge in [0.25, 0.3) is 0 Å². The van der Waals surface area contributed by atoms with E-state index in [-0.39, 0.29) is 0 Å². The van der Waals surface area contributed by atoms with Gasteiger partial charge in [0, 0.05) is 11.1 Å². The highest BCUT2D eigenvalue weighted by molar-refractivity contribution is 6.85. The predicted molar refractivity (Wildman–Crippen MR) is 175 cm³/mol. The molecule has 0 heterocycles. The smallest absolute Gasteiger partial charge is 0.126 e. The van der Waals surface area contributed by atoms with E-state index >= 15 is 0 Å². The fourth-order valence-corrected chi connectivity index (χ4v) is 9.40. The monoisotopic (exact) mass is 526 g/mol. The Bertz CT molecular complexity index is 1670. The van der Waals surface area contributed by atoms with Crippen LogP contribution >= 0.6 is 0 Å². The molecule has 2 heteroatoms. The van der Waals surface area contributed by atoms with Crippen molar-refractivity contribution in [2.24, 2.45) is 0 Å². The molecular formula is C36H38Si2. The lowest BCUT2D eigenvalue weighted by atomic mass is 9.90. The van der Waals surface area contributed by atoms with Gasteiger partial charge in [0.15, 0.2) is 0 Å². The van der Waals surface area contributed by atoms with Gasteiger partial charge in [-0.25, -0.2) is 0 Å². The third-order valence-corrected chi connectivity index (χ3v) is 12.8. The Labute approximate surface area is 230 Å². The van der Waals surface area contributed by atoms with Crippen LogP contribution in [0.25, 0.3) is 43.1 Å². The maximum absolute atomic E-state index is 3.79. The molecule has 0 saturated heterocycles. The molecule has 190 valence electrons. The maximum atomic E-state index is 3.79. The van der Waals surface area contributed by atoms with E-state index in [2.05, 4.69) is 136 Å². The highest BCUT2D eigenvalue weighted by Crippen LogP contribution is 2.36. The number of fused-ring (bicyclic) bond motifs is 4. The molecular weight excluding hydrogens is 489 g/mol. The quantitative estimate of drug-likeness (QED) is 0.124. The van der Waals surface area contributed by atoms with Crippen molar-refractivity contribution in [3.05, 3.63) is 83.9 Å². The summed E-state index contributed by atoms with van der Waals surface area (Å²) in [6.07, 6.45) is 2.39. The van der Waals surface area contributed by atoms with Crippen molar-refractivity contribution >= 4 is 59.2 Å². The van der Waals surface area contributed by atoms with Gasteiger partial charge in [0.2, 0.25) is 0 Å². The molecule has 0 atom stereocenters. The van der Waals surface area contributed by atoms with Crippen LogP contribution in [0.15, 0.2) is 72.8 Å².